The molecule has 3 N–H and O–H groups in total. The van der Waals surface area contributed by atoms with Crippen LogP contribution in [0.1, 0.15) is 43.4 Å². The molecule has 1 aliphatic heterocycles. The van der Waals surface area contributed by atoms with Gasteiger partial charge in [0.2, 0.25) is 11.8 Å². The molecule has 3 atom stereocenters. The number of carbonyl (C=O) groups is 3. The van der Waals surface area contributed by atoms with Gasteiger partial charge >= 0.3 is 5.97 Å². The van der Waals surface area contributed by atoms with Crippen molar-refractivity contribution < 1.29 is 19.5 Å². The topological polar surface area (TPSA) is 95.5 Å². The number of rotatable bonds is 4. The number of aryl methyl sites for hydroxylation is 1. The van der Waals surface area contributed by atoms with E-state index < -0.39 is 17.8 Å². The van der Waals surface area contributed by atoms with Crippen LogP contribution in [0.5, 0.6) is 0 Å². The predicted octanol–water partition coefficient (Wildman–Crippen LogP) is 1.86. The molecule has 0 radical (unpaired) electrons. The lowest BCUT2D eigenvalue weighted by atomic mass is 9.73. The Bertz CT molecular complexity index is 671. The third-order valence-electron chi connectivity index (χ3n) is 4.81. The van der Waals surface area contributed by atoms with Crippen LogP contribution in [0, 0.1) is 11.8 Å². The molecule has 6 nitrogen and oxygen atoms in total. The first kappa shape index (κ1) is 15.5. The van der Waals surface area contributed by atoms with Gasteiger partial charge in [-0.3, -0.25) is 14.4 Å². The number of carboxylic acid groups (broad SMARTS) is 1. The van der Waals surface area contributed by atoms with Crippen LogP contribution in [0.25, 0.3) is 0 Å². The second-order valence-electron chi connectivity index (χ2n) is 6.32. The van der Waals surface area contributed by atoms with Crippen LogP contribution in [-0.2, 0) is 20.8 Å². The van der Waals surface area contributed by atoms with Gasteiger partial charge in [0.1, 0.15) is 0 Å². The highest BCUT2D eigenvalue weighted by molar-refractivity contribution is 5.94. The number of hydrogen-bond donors (Lipinski definition) is 3. The summed E-state index contributed by atoms with van der Waals surface area (Å²) in [6.45, 7) is 1.88. The Labute approximate surface area is 134 Å². The molecular formula is C17H20N2O4. The summed E-state index contributed by atoms with van der Waals surface area (Å²) in [6, 6.07) is 5.54. The number of carboxylic acids is 1. The van der Waals surface area contributed by atoms with E-state index >= 15 is 0 Å². The van der Waals surface area contributed by atoms with E-state index in [1.807, 2.05) is 25.1 Å². The predicted molar refractivity (Wildman–Crippen MR) is 83.8 cm³/mol. The molecule has 23 heavy (non-hydrogen) atoms. The van der Waals surface area contributed by atoms with E-state index in [-0.39, 0.29) is 17.9 Å². The highest BCUT2D eigenvalue weighted by Crippen LogP contribution is 2.35. The van der Waals surface area contributed by atoms with Gasteiger partial charge in [-0.1, -0.05) is 12.1 Å². The molecule has 1 aliphatic carbocycles. The summed E-state index contributed by atoms with van der Waals surface area (Å²) in [4.78, 5) is 34.6. The van der Waals surface area contributed by atoms with Crippen LogP contribution in [0.15, 0.2) is 18.2 Å². The Morgan fingerprint density at radius 2 is 2.00 bits per heavy atom. The van der Waals surface area contributed by atoms with Crippen LogP contribution in [-0.4, -0.2) is 22.9 Å². The average molecular weight is 316 g/mol. The van der Waals surface area contributed by atoms with E-state index in [2.05, 4.69) is 10.6 Å². The highest BCUT2D eigenvalue weighted by Gasteiger charge is 2.41. The maximum atomic E-state index is 12.2. The summed E-state index contributed by atoms with van der Waals surface area (Å²) in [5.74, 6) is -2.04. The molecule has 122 valence electrons. The van der Waals surface area contributed by atoms with Crippen molar-refractivity contribution in [1.29, 1.82) is 0 Å². The van der Waals surface area contributed by atoms with Gasteiger partial charge in [-0.05, 0) is 43.4 Å². The number of carbonyl (C=O) groups excluding carboxylic acids is 2. The summed E-state index contributed by atoms with van der Waals surface area (Å²) >= 11 is 0. The molecule has 1 aromatic rings. The smallest absolute Gasteiger partial charge is 0.307 e. The highest BCUT2D eigenvalue weighted by atomic mass is 16.4. The van der Waals surface area contributed by atoms with E-state index in [4.69, 9.17) is 5.11 Å². The minimum atomic E-state index is -0.895. The number of amides is 2. The number of aliphatic carboxylic acids is 1. The minimum absolute atomic E-state index is 0.0243. The molecule has 0 bridgehead atoms. The number of nitrogens with one attached hydrogen (secondary N) is 2. The normalized spacial score (nSPS) is 24.0. The van der Waals surface area contributed by atoms with Crippen molar-refractivity contribution in [3.63, 3.8) is 0 Å². The third-order valence-corrected chi connectivity index (χ3v) is 4.81. The van der Waals surface area contributed by atoms with E-state index in [9.17, 15) is 14.4 Å². The Morgan fingerprint density at radius 3 is 2.65 bits per heavy atom. The van der Waals surface area contributed by atoms with Crippen LogP contribution >= 0.6 is 0 Å². The van der Waals surface area contributed by atoms with Crippen LogP contribution in [0.3, 0.4) is 0 Å². The zero-order valence-corrected chi connectivity index (χ0v) is 13.0. The van der Waals surface area contributed by atoms with Crippen molar-refractivity contribution in [1.82, 2.24) is 5.32 Å². The fourth-order valence-electron chi connectivity index (χ4n) is 3.19. The van der Waals surface area contributed by atoms with Crippen LogP contribution < -0.4 is 10.6 Å². The number of anilines is 1. The first-order chi connectivity index (χ1) is 11.0. The summed E-state index contributed by atoms with van der Waals surface area (Å²) in [6.07, 6.45) is 2.37. The second kappa shape index (κ2) is 6.02. The molecule has 0 aromatic heterocycles. The molecule has 3 unspecified atom stereocenters. The van der Waals surface area contributed by atoms with E-state index in [0.717, 1.165) is 16.8 Å². The van der Waals surface area contributed by atoms with Crippen molar-refractivity contribution in [3.8, 4) is 0 Å². The first-order valence-electron chi connectivity index (χ1n) is 7.91. The molecule has 0 spiro atoms. The zero-order chi connectivity index (χ0) is 16.6. The van der Waals surface area contributed by atoms with Crippen molar-refractivity contribution in [2.45, 2.75) is 38.6 Å². The Balaban J connectivity index is 1.66. The number of fused-ring (bicyclic) bond motifs is 1. The monoisotopic (exact) mass is 316 g/mol. The molecule has 0 saturated heterocycles. The van der Waals surface area contributed by atoms with Gasteiger partial charge in [-0.25, -0.2) is 0 Å². The van der Waals surface area contributed by atoms with Crippen molar-refractivity contribution >= 4 is 23.5 Å². The lowest BCUT2D eigenvalue weighted by Crippen LogP contribution is -2.44. The van der Waals surface area contributed by atoms with Crippen LogP contribution in [0.2, 0.25) is 0 Å². The van der Waals surface area contributed by atoms with Gasteiger partial charge in [-0.15, -0.1) is 0 Å². The van der Waals surface area contributed by atoms with Gasteiger partial charge in [0.25, 0.3) is 0 Å². The van der Waals surface area contributed by atoms with Gasteiger partial charge < -0.3 is 15.7 Å². The second-order valence-corrected chi connectivity index (χ2v) is 6.32. The molecule has 1 fully saturated rings. The Hall–Kier alpha value is -2.37. The van der Waals surface area contributed by atoms with Gasteiger partial charge in [0.05, 0.1) is 17.9 Å². The van der Waals surface area contributed by atoms with E-state index in [1.165, 1.54) is 0 Å². The van der Waals surface area contributed by atoms with Crippen LogP contribution in [0.4, 0.5) is 5.69 Å². The Morgan fingerprint density at radius 1 is 1.26 bits per heavy atom. The molecule has 1 saturated carbocycles. The summed E-state index contributed by atoms with van der Waals surface area (Å²) < 4.78 is 0. The Kier molecular flexibility index (Phi) is 4.07. The van der Waals surface area contributed by atoms with Crippen molar-refractivity contribution in [2.75, 3.05) is 5.32 Å². The summed E-state index contributed by atoms with van der Waals surface area (Å²) in [7, 11) is 0. The molecule has 2 aliphatic rings. The molecular weight excluding hydrogens is 296 g/mol. The maximum Gasteiger partial charge on any atom is 0.307 e. The van der Waals surface area contributed by atoms with E-state index in [0.29, 0.717) is 25.7 Å². The standard InChI is InChI=1S/C17H20N2O4/c1-9(18-16(21)12-4-5-13(12)17(22)23)10-2-6-14-11(8-10)3-7-15(20)19-14/h2,6,8-9,12-13H,3-5,7H2,1H3,(H,18,21)(H,19,20)(H,22,23). The fourth-order valence-corrected chi connectivity index (χ4v) is 3.19. The molecule has 6 heteroatoms. The van der Waals surface area contributed by atoms with Gasteiger partial charge in [0.15, 0.2) is 0 Å². The lowest BCUT2D eigenvalue weighted by Gasteiger charge is -2.33. The van der Waals surface area contributed by atoms with Gasteiger partial charge in [-0.2, -0.15) is 0 Å². The third kappa shape index (κ3) is 3.06. The largest absolute Gasteiger partial charge is 0.481 e. The van der Waals surface area contributed by atoms with Crippen molar-refractivity contribution in [2.24, 2.45) is 11.8 Å². The van der Waals surface area contributed by atoms with Gasteiger partial charge in [0, 0.05) is 12.1 Å². The van der Waals surface area contributed by atoms with Crippen molar-refractivity contribution in [3.05, 3.63) is 29.3 Å². The average Bonchev–Trinajstić information content (AvgIpc) is 2.44. The zero-order valence-electron chi connectivity index (χ0n) is 13.0. The maximum absolute atomic E-state index is 12.2. The first-order valence-corrected chi connectivity index (χ1v) is 7.91. The quantitative estimate of drug-likeness (QED) is 0.790. The molecule has 2 amide bonds. The summed E-state index contributed by atoms with van der Waals surface area (Å²) in [5, 5.41) is 14.8. The fraction of sp³-hybridized carbons (Fsp3) is 0.471. The number of hydrogen-bond acceptors (Lipinski definition) is 3. The molecule has 3 rings (SSSR count). The SMILES string of the molecule is CC(NC(=O)C1CCC1C(=O)O)c1ccc2c(c1)CCC(=O)N2. The minimum Gasteiger partial charge on any atom is -0.481 e. The molecule has 1 heterocycles. The lowest BCUT2D eigenvalue weighted by molar-refractivity contribution is -0.152. The van der Waals surface area contributed by atoms with E-state index in [1.54, 1.807) is 0 Å². The molecule has 1 aromatic carbocycles. The number of benzene rings is 1. The summed E-state index contributed by atoms with van der Waals surface area (Å²) in [5.41, 5.74) is 2.85.